The number of hydrogen-bond acceptors (Lipinski definition) is 6. The summed E-state index contributed by atoms with van der Waals surface area (Å²) >= 11 is 5.99. The van der Waals surface area contributed by atoms with Crippen molar-refractivity contribution in [3.8, 4) is 5.75 Å². The first-order valence-corrected chi connectivity index (χ1v) is 10.8. The molecule has 1 saturated heterocycles. The first kappa shape index (κ1) is 20.0. The van der Waals surface area contributed by atoms with E-state index in [0.29, 0.717) is 23.5 Å². The second kappa shape index (κ2) is 8.65. The van der Waals surface area contributed by atoms with E-state index in [2.05, 4.69) is 21.9 Å². The predicted molar refractivity (Wildman–Crippen MR) is 122 cm³/mol. The molecule has 31 heavy (non-hydrogen) atoms. The Bertz CT molecular complexity index is 1240. The smallest absolute Gasteiger partial charge is 0.336 e. The second-order valence-electron chi connectivity index (χ2n) is 7.72. The fraction of sp³-hybridized carbons (Fsp3) is 0.292. The molecule has 7 heteroatoms. The maximum absolute atomic E-state index is 11.7. The van der Waals surface area contributed by atoms with Gasteiger partial charge in [0.25, 0.3) is 0 Å². The van der Waals surface area contributed by atoms with Gasteiger partial charge < -0.3 is 18.5 Å². The van der Waals surface area contributed by atoms with Crippen molar-refractivity contribution in [2.45, 2.75) is 6.42 Å². The third-order valence-corrected chi connectivity index (χ3v) is 5.96. The molecule has 0 atom stereocenters. The summed E-state index contributed by atoms with van der Waals surface area (Å²) in [6, 6.07) is 15.0. The van der Waals surface area contributed by atoms with Gasteiger partial charge in [-0.25, -0.2) is 4.79 Å². The maximum Gasteiger partial charge on any atom is 0.336 e. The van der Waals surface area contributed by atoms with Crippen LogP contribution in [0.1, 0.15) is 6.42 Å². The van der Waals surface area contributed by atoms with E-state index in [4.69, 9.17) is 25.2 Å². The van der Waals surface area contributed by atoms with Gasteiger partial charge in [0.05, 0.1) is 12.9 Å². The quantitative estimate of drug-likeness (QED) is 0.319. The summed E-state index contributed by atoms with van der Waals surface area (Å²) in [5.41, 5.74) is 1.86. The first-order chi connectivity index (χ1) is 15.2. The number of furan rings is 1. The molecule has 0 radical (unpaired) electrons. The first-order valence-electron chi connectivity index (χ1n) is 10.5. The lowest BCUT2D eigenvalue weighted by Gasteiger charge is -2.36. The van der Waals surface area contributed by atoms with Gasteiger partial charge in [-0.05, 0) is 48.9 Å². The molecule has 1 aliphatic rings. The third kappa shape index (κ3) is 4.27. The largest absolute Gasteiger partial charge is 0.486 e. The highest BCUT2D eigenvalue weighted by Crippen LogP contribution is 2.35. The molecule has 1 fully saturated rings. The number of hydrogen-bond donors (Lipinski definition) is 0. The average Bonchev–Trinajstić information content (AvgIpc) is 3.25. The van der Waals surface area contributed by atoms with Gasteiger partial charge in [-0.3, -0.25) is 4.90 Å². The van der Waals surface area contributed by atoms with Gasteiger partial charge in [-0.15, -0.1) is 0 Å². The van der Waals surface area contributed by atoms with Crippen LogP contribution in [0, 0.1) is 0 Å². The van der Waals surface area contributed by atoms with E-state index in [-0.39, 0.29) is 0 Å². The number of fused-ring (bicyclic) bond motifs is 2. The summed E-state index contributed by atoms with van der Waals surface area (Å²) in [4.78, 5) is 16.6. The molecule has 0 bridgehead atoms. The van der Waals surface area contributed by atoms with E-state index < -0.39 is 5.63 Å². The minimum atomic E-state index is -0.401. The second-order valence-corrected chi connectivity index (χ2v) is 8.16. The van der Waals surface area contributed by atoms with E-state index >= 15 is 0 Å². The standard InChI is InChI=1S/C24H23ClN2O4/c25-19-3-5-20(6-4-19)27-12-10-26(11-13-27)9-1-14-29-24-22-18(8-15-30-22)16-17-2-7-21(28)31-23(17)24/h2-8,15-16H,1,9-14H2. The van der Waals surface area contributed by atoms with Crippen molar-refractivity contribution in [2.24, 2.45) is 0 Å². The lowest BCUT2D eigenvalue weighted by Crippen LogP contribution is -2.46. The number of benzene rings is 2. The molecule has 2 aromatic heterocycles. The molecular weight excluding hydrogens is 416 g/mol. The molecule has 0 N–H and O–H groups in total. The molecule has 3 heterocycles. The highest BCUT2D eigenvalue weighted by molar-refractivity contribution is 6.30. The minimum absolute atomic E-state index is 0.401. The van der Waals surface area contributed by atoms with Crippen molar-refractivity contribution in [3.05, 3.63) is 70.2 Å². The van der Waals surface area contributed by atoms with Crippen LogP contribution in [0.5, 0.6) is 5.75 Å². The lowest BCUT2D eigenvalue weighted by molar-refractivity contribution is 0.224. The number of piperazine rings is 1. The van der Waals surface area contributed by atoms with Gasteiger partial charge >= 0.3 is 5.63 Å². The predicted octanol–water partition coefficient (Wildman–Crippen LogP) is 4.78. The molecule has 0 aliphatic carbocycles. The molecule has 0 amide bonds. The van der Waals surface area contributed by atoms with Crippen molar-refractivity contribution < 1.29 is 13.6 Å². The zero-order chi connectivity index (χ0) is 21.2. The zero-order valence-electron chi connectivity index (χ0n) is 17.1. The Morgan fingerprint density at radius 1 is 0.935 bits per heavy atom. The third-order valence-electron chi connectivity index (χ3n) is 5.71. The summed E-state index contributed by atoms with van der Waals surface area (Å²) in [6.45, 7) is 5.46. The molecule has 6 nitrogen and oxygen atoms in total. The van der Waals surface area contributed by atoms with Crippen LogP contribution in [0.4, 0.5) is 5.69 Å². The van der Waals surface area contributed by atoms with Gasteiger partial charge in [-0.1, -0.05) is 11.6 Å². The van der Waals surface area contributed by atoms with Gasteiger partial charge in [-0.2, -0.15) is 0 Å². The van der Waals surface area contributed by atoms with Crippen LogP contribution in [0.15, 0.2) is 68.4 Å². The molecule has 160 valence electrons. The van der Waals surface area contributed by atoms with Crippen molar-refractivity contribution in [1.82, 2.24) is 4.90 Å². The number of nitrogens with zero attached hydrogens (tertiary/aromatic N) is 2. The minimum Gasteiger partial charge on any atom is -0.486 e. The number of rotatable bonds is 6. The van der Waals surface area contributed by atoms with Gasteiger partial charge in [0.1, 0.15) is 0 Å². The molecule has 0 unspecified atom stereocenters. The Morgan fingerprint density at radius 2 is 1.71 bits per heavy atom. The summed E-state index contributed by atoms with van der Waals surface area (Å²) in [6.07, 6.45) is 2.49. The van der Waals surface area contributed by atoms with Crippen LogP contribution >= 0.6 is 11.6 Å². The van der Waals surface area contributed by atoms with Crippen LogP contribution in [0.2, 0.25) is 5.02 Å². The fourth-order valence-corrected chi connectivity index (χ4v) is 4.21. The zero-order valence-corrected chi connectivity index (χ0v) is 17.8. The summed E-state index contributed by atoms with van der Waals surface area (Å²) in [5, 5.41) is 2.51. The SMILES string of the molecule is O=c1ccc2cc3ccoc3c(OCCCN3CCN(c4ccc(Cl)cc4)CC3)c2o1. The normalized spacial score (nSPS) is 15.1. The molecule has 0 spiro atoms. The molecular formula is C24H23ClN2O4. The Hall–Kier alpha value is -2.96. The fourth-order valence-electron chi connectivity index (χ4n) is 4.08. The summed E-state index contributed by atoms with van der Waals surface area (Å²) in [5.74, 6) is 0.503. The topological polar surface area (TPSA) is 59.1 Å². The number of halogens is 1. The Balaban J connectivity index is 1.18. The molecule has 0 saturated carbocycles. The van der Waals surface area contributed by atoms with E-state index in [9.17, 15) is 4.79 Å². The van der Waals surface area contributed by atoms with Crippen LogP contribution in [0.3, 0.4) is 0 Å². The van der Waals surface area contributed by atoms with E-state index in [1.165, 1.54) is 11.8 Å². The highest BCUT2D eigenvalue weighted by Gasteiger charge is 2.18. The molecule has 4 aromatic rings. The average molecular weight is 439 g/mol. The van der Waals surface area contributed by atoms with E-state index in [0.717, 1.165) is 54.9 Å². The molecule has 2 aromatic carbocycles. The van der Waals surface area contributed by atoms with Crippen molar-refractivity contribution in [1.29, 1.82) is 0 Å². The summed E-state index contributed by atoms with van der Waals surface area (Å²) < 4.78 is 17.1. The van der Waals surface area contributed by atoms with Crippen molar-refractivity contribution in [2.75, 3.05) is 44.2 Å². The van der Waals surface area contributed by atoms with Crippen molar-refractivity contribution in [3.63, 3.8) is 0 Å². The van der Waals surface area contributed by atoms with Gasteiger partial charge in [0.2, 0.25) is 5.75 Å². The number of anilines is 1. The Kier molecular flexibility index (Phi) is 5.57. The van der Waals surface area contributed by atoms with E-state index in [1.54, 1.807) is 12.3 Å². The lowest BCUT2D eigenvalue weighted by atomic mass is 10.1. The van der Waals surface area contributed by atoms with Gasteiger partial charge in [0, 0.05) is 60.3 Å². The van der Waals surface area contributed by atoms with Crippen LogP contribution in [-0.4, -0.2) is 44.2 Å². The summed E-state index contributed by atoms with van der Waals surface area (Å²) in [7, 11) is 0. The monoisotopic (exact) mass is 438 g/mol. The van der Waals surface area contributed by atoms with Crippen LogP contribution in [-0.2, 0) is 0 Å². The van der Waals surface area contributed by atoms with Crippen LogP contribution < -0.4 is 15.3 Å². The van der Waals surface area contributed by atoms with Crippen LogP contribution in [0.25, 0.3) is 21.9 Å². The maximum atomic E-state index is 11.7. The van der Waals surface area contributed by atoms with Crippen molar-refractivity contribution >= 4 is 39.2 Å². The Labute approximate surface area is 184 Å². The van der Waals surface area contributed by atoms with E-state index in [1.807, 2.05) is 24.3 Å². The van der Waals surface area contributed by atoms with Gasteiger partial charge in [0.15, 0.2) is 11.2 Å². The molecule has 5 rings (SSSR count). The Morgan fingerprint density at radius 3 is 2.52 bits per heavy atom. The molecule has 1 aliphatic heterocycles. The number of ether oxygens (including phenoxy) is 1. The highest BCUT2D eigenvalue weighted by atomic mass is 35.5.